The van der Waals surface area contributed by atoms with E-state index in [-0.39, 0.29) is 0 Å². The molecule has 6 heteroatoms. The summed E-state index contributed by atoms with van der Waals surface area (Å²) in [7, 11) is 0. The fraction of sp³-hybridized carbons (Fsp3) is 0.133. The van der Waals surface area contributed by atoms with E-state index in [2.05, 4.69) is 27.7 Å². The Morgan fingerprint density at radius 2 is 2.00 bits per heavy atom. The van der Waals surface area contributed by atoms with Gasteiger partial charge in [0.2, 0.25) is 0 Å². The maximum atomic E-state index is 8.78. The molecule has 0 fully saturated rings. The van der Waals surface area contributed by atoms with Crippen LogP contribution in [0.5, 0.6) is 0 Å². The second kappa shape index (κ2) is 6.57. The summed E-state index contributed by atoms with van der Waals surface area (Å²) < 4.78 is 2.03. The van der Waals surface area contributed by atoms with E-state index in [0.717, 1.165) is 23.1 Å². The Kier molecular flexibility index (Phi) is 4.34. The molecule has 0 amide bonds. The van der Waals surface area contributed by atoms with E-state index in [1.807, 2.05) is 41.0 Å². The highest BCUT2D eigenvalue weighted by Crippen LogP contribution is 2.24. The molecule has 2 heterocycles. The van der Waals surface area contributed by atoms with Crippen molar-refractivity contribution in [3.8, 4) is 11.8 Å². The largest absolute Gasteiger partial charge is 0.274 e. The number of nitrogens with zero attached hydrogens (tertiary/aromatic N) is 4. The van der Waals surface area contributed by atoms with Gasteiger partial charge in [-0.15, -0.1) is 21.5 Å². The van der Waals surface area contributed by atoms with Crippen LogP contribution in [0.1, 0.15) is 10.7 Å². The molecule has 0 spiro atoms. The van der Waals surface area contributed by atoms with Gasteiger partial charge in [-0.1, -0.05) is 36.0 Å². The fourth-order valence-corrected chi connectivity index (χ4v) is 3.34. The maximum Gasteiger partial charge on any atom is 0.196 e. The Hall–Kier alpha value is -2.10. The predicted molar refractivity (Wildman–Crippen MR) is 84.8 cm³/mol. The topological polar surface area (TPSA) is 54.5 Å². The van der Waals surface area contributed by atoms with E-state index in [1.54, 1.807) is 11.3 Å². The minimum atomic E-state index is 0.365. The second-order valence-electron chi connectivity index (χ2n) is 4.27. The first kappa shape index (κ1) is 13.9. The van der Waals surface area contributed by atoms with E-state index in [4.69, 9.17) is 5.26 Å². The number of thioether (sulfide) groups is 1. The molecule has 0 radical (unpaired) electrons. The van der Waals surface area contributed by atoms with E-state index in [0.29, 0.717) is 5.75 Å². The molecular weight excluding hydrogens is 300 g/mol. The first-order valence-electron chi connectivity index (χ1n) is 6.40. The summed E-state index contributed by atoms with van der Waals surface area (Å²) in [5.74, 6) is 1.26. The number of thiophene rings is 1. The number of rotatable bonds is 5. The summed E-state index contributed by atoms with van der Waals surface area (Å²) in [4.78, 5) is 1.25. The van der Waals surface area contributed by atoms with Crippen molar-refractivity contribution in [2.24, 2.45) is 0 Å². The van der Waals surface area contributed by atoms with Crippen LogP contribution in [0.4, 0.5) is 0 Å². The van der Waals surface area contributed by atoms with Gasteiger partial charge in [0.05, 0.1) is 11.8 Å². The van der Waals surface area contributed by atoms with Crippen molar-refractivity contribution < 1.29 is 0 Å². The van der Waals surface area contributed by atoms with E-state index in [9.17, 15) is 0 Å². The molecular formula is C15H12N4S2. The van der Waals surface area contributed by atoms with Crippen LogP contribution in [-0.2, 0) is 6.42 Å². The summed E-state index contributed by atoms with van der Waals surface area (Å²) in [6.45, 7) is 0. The van der Waals surface area contributed by atoms with Crippen molar-refractivity contribution in [1.29, 1.82) is 5.26 Å². The number of hydrogen-bond donors (Lipinski definition) is 0. The monoisotopic (exact) mass is 312 g/mol. The van der Waals surface area contributed by atoms with Crippen molar-refractivity contribution >= 4 is 23.1 Å². The minimum Gasteiger partial charge on any atom is -0.274 e. The van der Waals surface area contributed by atoms with Crippen LogP contribution in [-0.4, -0.2) is 20.5 Å². The van der Waals surface area contributed by atoms with E-state index in [1.165, 1.54) is 16.6 Å². The zero-order valence-corrected chi connectivity index (χ0v) is 12.8. The van der Waals surface area contributed by atoms with Gasteiger partial charge in [-0.25, -0.2) is 0 Å². The highest BCUT2D eigenvalue weighted by atomic mass is 32.2. The molecule has 3 rings (SSSR count). The lowest BCUT2D eigenvalue weighted by Gasteiger charge is -2.08. The predicted octanol–water partition coefficient (Wildman–Crippen LogP) is 3.54. The quantitative estimate of drug-likeness (QED) is 0.676. The Morgan fingerprint density at radius 1 is 1.14 bits per heavy atom. The Labute approximate surface area is 131 Å². The van der Waals surface area contributed by atoms with Crippen LogP contribution in [0.25, 0.3) is 5.69 Å². The van der Waals surface area contributed by atoms with Gasteiger partial charge in [0.15, 0.2) is 5.16 Å². The molecule has 0 unspecified atom stereocenters. The van der Waals surface area contributed by atoms with Crippen molar-refractivity contribution in [1.82, 2.24) is 14.8 Å². The molecule has 104 valence electrons. The van der Waals surface area contributed by atoms with Gasteiger partial charge in [-0.05, 0) is 23.6 Å². The fourth-order valence-electron chi connectivity index (χ4n) is 2.01. The number of hydrogen-bond acceptors (Lipinski definition) is 5. The van der Waals surface area contributed by atoms with Crippen LogP contribution < -0.4 is 0 Å². The SMILES string of the molecule is N#CCSc1nnc(Cc2cccs2)n1-c1ccccc1. The van der Waals surface area contributed by atoms with E-state index >= 15 is 0 Å². The molecule has 0 saturated carbocycles. The summed E-state index contributed by atoms with van der Waals surface area (Å²) in [5, 5.41) is 20.1. The second-order valence-corrected chi connectivity index (χ2v) is 6.25. The zero-order chi connectivity index (χ0) is 14.5. The van der Waals surface area contributed by atoms with Crippen molar-refractivity contribution in [2.75, 3.05) is 5.75 Å². The first-order chi connectivity index (χ1) is 10.4. The molecule has 0 aliphatic carbocycles. The van der Waals surface area contributed by atoms with Crippen LogP contribution in [0.15, 0.2) is 53.0 Å². The maximum absolute atomic E-state index is 8.78. The third-order valence-corrected chi connectivity index (χ3v) is 4.57. The molecule has 0 aliphatic rings. The lowest BCUT2D eigenvalue weighted by Crippen LogP contribution is -2.03. The molecule has 0 saturated heterocycles. The van der Waals surface area contributed by atoms with Gasteiger partial charge in [0.1, 0.15) is 5.82 Å². The van der Waals surface area contributed by atoms with Gasteiger partial charge in [0, 0.05) is 17.0 Å². The van der Waals surface area contributed by atoms with Crippen LogP contribution in [0.2, 0.25) is 0 Å². The van der Waals surface area contributed by atoms with Crippen molar-refractivity contribution in [3.05, 3.63) is 58.5 Å². The van der Waals surface area contributed by atoms with Gasteiger partial charge in [-0.3, -0.25) is 4.57 Å². The zero-order valence-electron chi connectivity index (χ0n) is 11.1. The smallest absolute Gasteiger partial charge is 0.196 e. The van der Waals surface area contributed by atoms with Crippen LogP contribution in [0.3, 0.4) is 0 Å². The number of benzene rings is 1. The first-order valence-corrected chi connectivity index (χ1v) is 8.27. The lowest BCUT2D eigenvalue weighted by molar-refractivity contribution is 0.852. The van der Waals surface area contributed by atoms with Gasteiger partial charge >= 0.3 is 0 Å². The molecule has 1 aromatic carbocycles. The van der Waals surface area contributed by atoms with Gasteiger partial charge < -0.3 is 0 Å². The molecule has 0 aliphatic heterocycles. The summed E-state index contributed by atoms with van der Waals surface area (Å²) >= 11 is 3.12. The lowest BCUT2D eigenvalue weighted by atomic mass is 10.3. The summed E-state index contributed by atoms with van der Waals surface area (Å²) in [6.07, 6.45) is 0.743. The number of nitriles is 1. The van der Waals surface area contributed by atoms with Crippen molar-refractivity contribution in [3.63, 3.8) is 0 Å². The van der Waals surface area contributed by atoms with E-state index < -0.39 is 0 Å². The highest BCUT2D eigenvalue weighted by Gasteiger charge is 2.14. The highest BCUT2D eigenvalue weighted by molar-refractivity contribution is 7.99. The molecule has 0 N–H and O–H groups in total. The third-order valence-electron chi connectivity index (χ3n) is 2.89. The number of para-hydroxylation sites is 1. The standard InChI is InChI=1S/C15H12N4S2/c16-8-10-21-15-18-17-14(11-13-7-4-9-20-13)19(15)12-5-2-1-3-6-12/h1-7,9H,10-11H2. The number of aromatic nitrogens is 3. The van der Waals surface area contributed by atoms with Crippen LogP contribution in [0, 0.1) is 11.3 Å². The van der Waals surface area contributed by atoms with Crippen molar-refractivity contribution in [2.45, 2.75) is 11.6 Å². The van der Waals surface area contributed by atoms with Gasteiger partial charge in [-0.2, -0.15) is 5.26 Å². The summed E-state index contributed by atoms with van der Waals surface area (Å²) in [5.41, 5.74) is 1.02. The minimum absolute atomic E-state index is 0.365. The molecule has 0 bridgehead atoms. The average molecular weight is 312 g/mol. The Morgan fingerprint density at radius 3 is 2.71 bits per heavy atom. The molecule has 21 heavy (non-hydrogen) atoms. The molecule has 4 nitrogen and oxygen atoms in total. The third kappa shape index (κ3) is 3.15. The average Bonchev–Trinajstić information content (AvgIpc) is 3.16. The molecule has 2 aromatic heterocycles. The normalized spacial score (nSPS) is 10.4. The summed E-state index contributed by atoms with van der Waals surface area (Å²) in [6, 6.07) is 16.3. The molecule has 3 aromatic rings. The Bertz CT molecular complexity index is 742. The Balaban J connectivity index is 2.00. The van der Waals surface area contributed by atoms with Gasteiger partial charge in [0.25, 0.3) is 0 Å². The molecule has 0 atom stereocenters. The van der Waals surface area contributed by atoms with Crippen LogP contribution >= 0.6 is 23.1 Å².